The van der Waals surface area contributed by atoms with E-state index in [0.29, 0.717) is 44.2 Å². The molecule has 1 heterocycles. The zero-order valence-electron chi connectivity index (χ0n) is 13.5. The number of morpholine rings is 1. The normalized spacial score (nSPS) is 16.3. The quantitative estimate of drug-likeness (QED) is 0.850. The standard InChI is InChI=1S/C17H23BrN2O3/c1-12(2)11-15(17(22)20-7-9-23-10-8-20)19-16(21)13-5-3-4-6-14(13)18/h3-6,12,15H,7-11H2,1-2H3,(H,19,21)/t15-/m0/s1. The summed E-state index contributed by atoms with van der Waals surface area (Å²) in [5, 5.41) is 2.90. The molecular weight excluding hydrogens is 360 g/mol. The highest BCUT2D eigenvalue weighted by Crippen LogP contribution is 2.17. The molecule has 1 aliphatic heterocycles. The number of nitrogens with one attached hydrogen (secondary N) is 1. The van der Waals surface area contributed by atoms with Crippen LogP contribution in [0.3, 0.4) is 0 Å². The first kappa shape index (κ1) is 17.9. The van der Waals surface area contributed by atoms with Crippen molar-refractivity contribution in [2.75, 3.05) is 26.3 Å². The maximum Gasteiger partial charge on any atom is 0.253 e. The lowest BCUT2D eigenvalue weighted by molar-refractivity contribution is -0.137. The van der Waals surface area contributed by atoms with Crippen molar-refractivity contribution >= 4 is 27.7 Å². The molecule has 2 rings (SSSR count). The van der Waals surface area contributed by atoms with Gasteiger partial charge in [-0.3, -0.25) is 9.59 Å². The topological polar surface area (TPSA) is 58.6 Å². The number of hydrogen-bond donors (Lipinski definition) is 1. The highest BCUT2D eigenvalue weighted by atomic mass is 79.9. The molecule has 1 saturated heterocycles. The Morgan fingerprint density at radius 3 is 2.52 bits per heavy atom. The van der Waals surface area contributed by atoms with E-state index in [1.54, 1.807) is 17.0 Å². The zero-order valence-corrected chi connectivity index (χ0v) is 15.1. The highest BCUT2D eigenvalue weighted by Gasteiger charge is 2.28. The number of ether oxygens (including phenoxy) is 1. The van der Waals surface area contributed by atoms with Gasteiger partial charge in [-0.15, -0.1) is 0 Å². The Morgan fingerprint density at radius 1 is 1.26 bits per heavy atom. The maximum absolute atomic E-state index is 12.7. The lowest BCUT2D eigenvalue weighted by Crippen LogP contribution is -2.52. The fraction of sp³-hybridized carbons (Fsp3) is 0.529. The monoisotopic (exact) mass is 382 g/mol. The van der Waals surface area contributed by atoms with Crippen molar-refractivity contribution in [2.45, 2.75) is 26.3 Å². The molecule has 0 aliphatic carbocycles. The summed E-state index contributed by atoms with van der Waals surface area (Å²) in [4.78, 5) is 27.0. The van der Waals surface area contributed by atoms with Crippen LogP contribution in [0.1, 0.15) is 30.6 Å². The second kappa shape index (κ2) is 8.45. The molecule has 0 radical (unpaired) electrons. The van der Waals surface area contributed by atoms with Crippen LogP contribution in [-0.4, -0.2) is 49.1 Å². The molecule has 126 valence electrons. The van der Waals surface area contributed by atoms with Crippen LogP contribution in [0.5, 0.6) is 0 Å². The van der Waals surface area contributed by atoms with E-state index in [1.807, 2.05) is 26.0 Å². The maximum atomic E-state index is 12.7. The van der Waals surface area contributed by atoms with Crippen LogP contribution >= 0.6 is 15.9 Å². The van der Waals surface area contributed by atoms with Crippen LogP contribution in [0.2, 0.25) is 0 Å². The van der Waals surface area contributed by atoms with E-state index in [2.05, 4.69) is 21.2 Å². The van der Waals surface area contributed by atoms with Crippen LogP contribution in [-0.2, 0) is 9.53 Å². The summed E-state index contributed by atoms with van der Waals surface area (Å²) in [5.74, 6) is 0.0524. The zero-order chi connectivity index (χ0) is 16.8. The van der Waals surface area contributed by atoms with Crippen LogP contribution in [0.15, 0.2) is 28.7 Å². The summed E-state index contributed by atoms with van der Waals surface area (Å²) in [6.07, 6.45) is 0.617. The molecule has 2 amide bonds. The number of halogens is 1. The van der Waals surface area contributed by atoms with Crippen molar-refractivity contribution in [3.63, 3.8) is 0 Å². The van der Waals surface area contributed by atoms with Gasteiger partial charge in [0.05, 0.1) is 18.8 Å². The van der Waals surface area contributed by atoms with Crippen molar-refractivity contribution in [3.8, 4) is 0 Å². The first-order valence-corrected chi connectivity index (χ1v) is 8.70. The van der Waals surface area contributed by atoms with Crippen LogP contribution in [0.25, 0.3) is 0 Å². The number of rotatable bonds is 5. The highest BCUT2D eigenvalue weighted by molar-refractivity contribution is 9.10. The summed E-state index contributed by atoms with van der Waals surface area (Å²) in [7, 11) is 0. The smallest absolute Gasteiger partial charge is 0.253 e. The Balaban J connectivity index is 2.10. The minimum atomic E-state index is -0.507. The number of nitrogens with zero attached hydrogens (tertiary/aromatic N) is 1. The first-order chi connectivity index (χ1) is 11.0. The summed E-state index contributed by atoms with van der Waals surface area (Å²) < 4.78 is 6.01. The van der Waals surface area contributed by atoms with E-state index in [4.69, 9.17) is 4.74 Å². The third kappa shape index (κ3) is 5.04. The van der Waals surface area contributed by atoms with Gasteiger partial charge in [-0.05, 0) is 40.4 Å². The van der Waals surface area contributed by atoms with E-state index < -0.39 is 6.04 Å². The largest absolute Gasteiger partial charge is 0.378 e. The Hall–Kier alpha value is -1.40. The molecular formula is C17H23BrN2O3. The van der Waals surface area contributed by atoms with Crippen LogP contribution < -0.4 is 5.32 Å². The Kier molecular flexibility index (Phi) is 6.59. The minimum Gasteiger partial charge on any atom is -0.378 e. The number of amides is 2. The molecule has 1 aromatic rings. The van der Waals surface area contributed by atoms with E-state index in [0.717, 1.165) is 4.47 Å². The minimum absolute atomic E-state index is 0.0256. The molecule has 0 aromatic heterocycles. The molecule has 1 N–H and O–H groups in total. The Bertz CT molecular complexity index is 557. The molecule has 6 heteroatoms. The molecule has 1 fully saturated rings. The van der Waals surface area contributed by atoms with Crippen molar-refractivity contribution in [3.05, 3.63) is 34.3 Å². The van der Waals surface area contributed by atoms with E-state index >= 15 is 0 Å². The molecule has 0 saturated carbocycles. The van der Waals surface area contributed by atoms with Crippen molar-refractivity contribution < 1.29 is 14.3 Å². The van der Waals surface area contributed by atoms with E-state index in [1.165, 1.54) is 0 Å². The SMILES string of the molecule is CC(C)C[C@H](NC(=O)c1ccccc1Br)C(=O)N1CCOCC1. The number of benzene rings is 1. The molecule has 23 heavy (non-hydrogen) atoms. The predicted molar refractivity (Wildman–Crippen MR) is 92.3 cm³/mol. The number of carbonyl (C=O) groups excluding carboxylic acids is 2. The molecule has 0 bridgehead atoms. The van der Waals surface area contributed by atoms with Gasteiger partial charge in [-0.1, -0.05) is 26.0 Å². The third-order valence-electron chi connectivity index (χ3n) is 3.75. The Labute approximate surface area is 145 Å². The van der Waals surface area contributed by atoms with Gasteiger partial charge in [0.15, 0.2) is 0 Å². The lowest BCUT2D eigenvalue weighted by Gasteiger charge is -2.31. The van der Waals surface area contributed by atoms with Gasteiger partial charge in [-0.25, -0.2) is 0 Å². The van der Waals surface area contributed by atoms with Gasteiger partial charge < -0.3 is 15.0 Å². The van der Waals surface area contributed by atoms with Crippen molar-refractivity contribution in [1.82, 2.24) is 10.2 Å². The van der Waals surface area contributed by atoms with E-state index in [9.17, 15) is 9.59 Å². The average Bonchev–Trinajstić information content (AvgIpc) is 2.54. The fourth-order valence-corrected chi connectivity index (χ4v) is 3.04. The number of hydrogen-bond acceptors (Lipinski definition) is 3. The lowest BCUT2D eigenvalue weighted by atomic mass is 10.0. The van der Waals surface area contributed by atoms with Gasteiger partial charge >= 0.3 is 0 Å². The molecule has 1 aliphatic rings. The van der Waals surface area contributed by atoms with Gasteiger partial charge in [-0.2, -0.15) is 0 Å². The molecule has 5 nitrogen and oxygen atoms in total. The van der Waals surface area contributed by atoms with Crippen molar-refractivity contribution in [1.29, 1.82) is 0 Å². The van der Waals surface area contributed by atoms with Crippen LogP contribution in [0, 0.1) is 5.92 Å². The van der Waals surface area contributed by atoms with Gasteiger partial charge in [0.1, 0.15) is 6.04 Å². The van der Waals surface area contributed by atoms with Crippen LogP contribution in [0.4, 0.5) is 0 Å². The van der Waals surface area contributed by atoms with Gasteiger partial charge in [0.25, 0.3) is 5.91 Å². The third-order valence-corrected chi connectivity index (χ3v) is 4.44. The molecule has 1 atom stereocenters. The number of carbonyl (C=O) groups is 2. The second-order valence-electron chi connectivity index (χ2n) is 6.07. The van der Waals surface area contributed by atoms with E-state index in [-0.39, 0.29) is 11.8 Å². The molecule has 0 spiro atoms. The summed E-state index contributed by atoms with van der Waals surface area (Å²) in [6, 6.07) is 6.71. The predicted octanol–water partition coefficient (Wildman–Crippen LogP) is 2.45. The fourth-order valence-electron chi connectivity index (χ4n) is 2.58. The van der Waals surface area contributed by atoms with Gasteiger partial charge in [0, 0.05) is 17.6 Å². The second-order valence-corrected chi connectivity index (χ2v) is 6.93. The first-order valence-electron chi connectivity index (χ1n) is 7.91. The molecule has 0 unspecified atom stereocenters. The molecule has 1 aromatic carbocycles. The summed E-state index contributed by atoms with van der Waals surface area (Å²) in [6.45, 7) is 6.36. The summed E-state index contributed by atoms with van der Waals surface area (Å²) in [5.41, 5.74) is 0.538. The Morgan fingerprint density at radius 2 is 1.91 bits per heavy atom. The van der Waals surface area contributed by atoms with Gasteiger partial charge in [0.2, 0.25) is 5.91 Å². The average molecular weight is 383 g/mol. The summed E-state index contributed by atoms with van der Waals surface area (Å²) >= 11 is 3.38. The van der Waals surface area contributed by atoms with Crippen molar-refractivity contribution in [2.24, 2.45) is 5.92 Å².